The summed E-state index contributed by atoms with van der Waals surface area (Å²) in [5.74, 6) is 4.68. The zero-order valence-electron chi connectivity index (χ0n) is 20.3. The van der Waals surface area contributed by atoms with Crippen LogP contribution in [-0.4, -0.2) is 15.0 Å². The van der Waals surface area contributed by atoms with E-state index in [1.807, 2.05) is 48.5 Å². The second-order valence-corrected chi connectivity index (χ2v) is 11.1. The molecule has 0 radical (unpaired) electrons. The van der Waals surface area contributed by atoms with Crippen molar-refractivity contribution in [1.29, 1.82) is 5.26 Å². The molecule has 4 nitrogen and oxygen atoms in total. The molecule has 0 amide bonds. The molecule has 176 valence electrons. The minimum Gasteiger partial charge on any atom is -0.208 e. The molecule has 36 heavy (non-hydrogen) atoms. The van der Waals surface area contributed by atoms with Gasteiger partial charge in [0.2, 0.25) is 0 Å². The molecule has 8 rings (SSSR count). The summed E-state index contributed by atoms with van der Waals surface area (Å²) in [6, 6.07) is 28.8. The van der Waals surface area contributed by atoms with Crippen LogP contribution in [0.3, 0.4) is 0 Å². The van der Waals surface area contributed by atoms with Crippen LogP contribution in [-0.2, 0) is 5.41 Å². The Hall–Kier alpha value is -3.84. The van der Waals surface area contributed by atoms with E-state index in [-0.39, 0.29) is 0 Å². The van der Waals surface area contributed by atoms with Crippen LogP contribution in [0.15, 0.2) is 78.9 Å². The van der Waals surface area contributed by atoms with Crippen LogP contribution in [0.4, 0.5) is 0 Å². The van der Waals surface area contributed by atoms with Crippen LogP contribution in [0.2, 0.25) is 0 Å². The number of benzene rings is 3. The van der Waals surface area contributed by atoms with Gasteiger partial charge in [0.25, 0.3) is 0 Å². The average molecular weight is 469 g/mol. The van der Waals surface area contributed by atoms with Gasteiger partial charge < -0.3 is 0 Å². The van der Waals surface area contributed by atoms with Crippen molar-refractivity contribution in [3.05, 3.63) is 90.0 Å². The molecule has 0 aliphatic heterocycles. The van der Waals surface area contributed by atoms with Gasteiger partial charge in [-0.1, -0.05) is 66.7 Å². The van der Waals surface area contributed by atoms with Crippen molar-refractivity contribution < 1.29 is 0 Å². The molecule has 4 aromatic rings. The largest absolute Gasteiger partial charge is 0.208 e. The first-order valence-electron chi connectivity index (χ1n) is 13.1. The van der Waals surface area contributed by atoms with E-state index in [1.54, 1.807) is 6.07 Å². The van der Waals surface area contributed by atoms with Crippen LogP contribution < -0.4 is 0 Å². The summed E-state index contributed by atoms with van der Waals surface area (Å²) >= 11 is 0. The van der Waals surface area contributed by atoms with Crippen molar-refractivity contribution >= 4 is 0 Å². The number of hydrogen-bond donors (Lipinski definition) is 0. The van der Waals surface area contributed by atoms with Gasteiger partial charge in [-0.3, -0.25) is 0 Å². The van der Waals surface area contributed by atoms with E-state index in [2.05, 4.69) is 30.3 Å². The molecule has 3 aromatic carbocycles. The third-order valence-corrected chi connectivity index (χ3v) is 8.71. The third-order valence-electron chi connectivity index (χ3n) is 8.71. The number of aromatic nitrogens is 3. The van der Waals surface area contributed by atoms with Crippen molar-refractivity contribution in [2.75, 3.05) is 0 Å². The third kappa shape index (κ3) is 3.71. The fourth-order valence-corrected chi connectivity index (χ4v) is 7.52. The smallest absolute Gasteiger partial charge is 0.164 e. The van der Waals surface area contributed by atoms with Gasteiger partial charge in [-0.05, 0) is 79.4 Å². The van der Waals surface area contributed by atoms with Crippen LogP contribution in [0.5, 0.6) is 0 Å². The highest BCUT2D eigenvalue weighted by atomic mass is 15.0. The lowest BCUT2D eigenvalue weighted by molar-refractivity contribution is -0.00518. The number of rotatable bonds is 4. The van der Waals surface area contributed by atoms with Gasteiger partial charge in [-0.2, -0.15) is 5.26 Å². The SMILES string of the molecule is N#Cc1cccc(-c2nc(-c3ccccc3)nc(-c3ccc(C45C[C@H]6C[C@H](C4)C[C@@H](C5)C6)cc3)n2)c1. The summed E-state index contributed by atoms with van der Waals surface area (Å²) in [5.41, 5.74) is 5.25. The number of hydrogen-bond acceptors (Lipinski definition) is 4. The maximum atomic E-state index is 9.39. The number of nitrogens with zero attached hydrogens (tertiary/aromatic N) is 4. The predicted molar refractivity (Wildman–Crippen MR) is 141 cm³/mol. The minimum absolute atomic E-state index is 0.379. The molecule has 4 aliphatic carbocycles. The van der Waals surface area contributed by atoms with Gasteiger partial charge in [0, 0.05) is 16.7 Å². The molecule has 0 N–H and O–H groups in total. The molecule has 0 saturated heterocycles. The van der Waals surface area contributed by atoms with Crippen molar-refractivity contribution in [1.82, 2.24) is 15.0 Å². The summed E-state index contributed by atoms with van der Waals surface area (Å²) < 4.78 is 0. The van der Waals surface area contributed by atoms with Gasteiger partial charge in [0.05, 0.1) is 11.6 Å². The molecule has 4 fully saturated rings. The number of nitriles is 1. The summed E-state index contributed by atoms with van der Waals surface area (Å²) in [5, 5.41) is 9.39. The molecule has 4 heteroatoms. The van der Waals surface area contributed by atoms with E-state index in [0.29, 0.717) is 28.5 Å². The molecule has 1 aromatic heterocycles. The molecular weight excluding hydrogens is 440 g/mol. The van der Waals surface area contributed by atoms with Gasteiger partial charge in [0.1, 0.15) is 0 Å². The van der Waals surface area contributed by atoms with Crippen LogP contribution in [0.1, 0.15) is 49.7 Å². The first-order chi connectivity index (χ1) is 17.7. The highest BCUT2D eigenvalue weighted by Crippen LogP contribution is 2.60. The Morgan fingerprint density at radius 2 is 1.14 bits per heavy atom. The Bertz CT molecular complexity index is 1430. The molecule has 0 atom stereocenters. The quantitative estimate of drug-likeness (QED) is 0.317. The normalized spacial score (nSPS) is 26.0. The highest BCUT2D eigenvalue weighted by molar-refractivity contribution is 5.67. The van der Waals surface area contributed by atoms with E-state index in [4.69, 9.17) is 15.0 Å². The summed E-state index contributed by atoms with van der Waals surface area (Å²) in [7, 11) is 0. The summed E-state index contributed by atoms with van der Waals surface area (Å²) in [6.45, 7) is 0. The lowest BCUT2D eigenvalue weighted by Crippen LogP contribution is -2.48. The van der Waals surface area contributed by atoms with E-state index in [1.165, 1.54) is 44.1 Å². The van der Waals surface area contributed by atoms with E-state index in [0.717, 1.165) is 34.4 Å². The Morgan fingerprint density at radius 1 is 0.611 bits per heavy atom. The standard InChI is InChI=1S/C32H28N4/c33-20-21-5-4-8-27(16-21)31-35-29(25-6-2-1-3-7-25)34-30(36-31)26-9-11-28(12-10-26)32-17-22-13-23(18-32)15-24(14-22)19-32/h1-12,16,22-24H,13-15,17-19H2/t22-,23-,24-,32?. The van der Waals surface area contributed by atoms with Gasteiger partial charge in [-0.25, -0.2) is 15.0 Å². The predicted octanol–water partition coefficient (Wildman–Crippen LogP) is 7.21. The van der Waals surface area contributed by atoms with Gasteiger partial charge >= 0.3 is 0 Å². The van der Waals surface area contributed by atoms with E-state index in [9.17, 15) is 5.26 Å². The fraction of sp³-hybridized carbons (Fsp3) is 0.312. The zero-order chi connectivity index (χ0) is 24.1. The Labute approximate surface area is 212 Å². The van der Waals surface area contributed by atoms with Crippen LogP contribution in [0, 0.1) is 29.1 Å². The minimum atomic E-state index is 0.379. The lowest BCUT2D eigenvalue weighted by Gasteiger charge is -2.57. The van der Waals surface area contributed by atoms with Crippen molar-refractivity contribution in [3.63, 3.8) is 0 Å². The fourth-order valence-electron chi connectivity index (χ4n) is 7.52. The molecule has 4 aliphatic rings. The Kier molecular flexibility index (Phi) is 4.99. The second-order valence-electron chi connectivity index (χ2n) is 11.1. The molecule has 4 saturated carbocycles. The molecule has 4 bridgehead atoms. The topological polar surface area (TPSA) is 62.5 Å². The van der Waals surface area contributed by atoms with E-state index >= 15 is 0 Å². The first-order valence-corrected chi connectivity index (χ1v) is 13.1. The maximum Gasteiger partial charge on any atom is 0.164 e. The first kappa shape index (κ1) is 21.4. The molecular formula is C32H28N4. The molecule has 1 heterocycles. The summed E-state index contributed by atoms with van der Waals surface area (Å²) in [6.07, 6.45) is 8.46. The Morgan fingerprint density at radius 3 is 1.72 bits per heavy atom. The van der Waals surface area contributed by atoms with Crippen molar-refractivity contribution in [2.45, 2.75) is 43.9 Å². The van der Waals surface area contributed by atoms with Crippen molar-refractivity contribution in [3.8, 4) is 40.2 Å². The monoisotopic (exact) mass is 468 g/mol. The summed E-state index contributed by atoms with van der Waals surface area (Å²) in [4.78, 5) is 14.5. The van der Waals surface area contributed by atoms with Crippen molar-refractivity contribution in [2.24, 2.45) is 17.8 Å². The highest BCUT2D eigenvalue weighted by Gasteiger charge is 2.51. The average Bonchev–Trinajstić information content (AvgIpc) is 2.93. The lowest BCUT2D eigenvalue weighted by atomic mass is 9.48. The van der Waals surface area contributed by atoms with Gasteiger partial charge in [0.15, 0.2) is 17.5 Å². The maximum absolute atomic E-state index is 9.39. The van der Waals surface area contributed by atoms with Crippen LogP contribution >= 0.6 is 0 Å². The Balaban J connectivity index is 1.29. The van der Waals surface area contributed by atoms with E-state index < -0.39 is 0 Å². The zero-order valence-corrected chi connectivity index (χ0v) is 20.3. The second kappa shape index (κ2) is 8.38. The van der Waals surface area contributed by atoms with Gasteiger partial charge in [-0.15, -0.1) is 0 Å². The molecule has 0 spiro atoms. The molecule has 0 unspecified atom stereocenters. The van der Waals surface area contributed by atoms with Crippen LogP contribution in [0.25, 0.3) is 34.2 Å².